The molecule has 2 rings (SSSR count). The van der Waals surface area contributed by atoms with Gasteiger partial charge in [0.15, 0.2) is 25.2 Å². The molecule has 6 nitrogen and oxygen atoms in total. The van der Waals surface area contributed by atoms with Crippen molar-refractivity contribution in [1.82, 2.24) is 9.97 Å². The molecule has 0 unspecified atom stereocenters. The molecule has 2 aromatic rings. The Balaban J connectivity index is 2.23. The summed E-state index contributed by atoms with van der Waals surface area (Å²) in [7, 11) is -3.31. The van der Waals surface area contributed by atoms with Gasteiger partial charge in [-0.25, -0.2) is 18.4 Å². The monoisotopic (exact) mass is 357 g/mol. The quantitative estimate of drug-likeness (QED) is 0.844. The molecular weight excluding hydrogens is 346 g/mol. The summed E-state index contributed by atoms with van der Waals surface area (Å²) in [5.74, 6) is 1.25. The van der Waals surface area contributed by atoms with Crippen LogP contribution in [0.4, 0.5) is 5.82 Å². The van der Waals surface area contributed by atoms with Crippen molar-refractivity contribution in [2.45, 2.75) is 11.9 Å². The van der Waals surface area contributed by atoms with Crippen LogP contribution >= 0.6 is 15.9 Å². The Morgan fingerprint density at radius 2 is 2.05 bits per heavy atom. The molecule has 2 aromatic heterocycles. The lowest BCUT2D eigenvalue weighted by atomic mass is 10.4. The van der Waals surface area contributed by atoms with E-state index in [1.165, 1.54) is 12.3 Å². The Morgan fingerprint density at radius 1 is 1.30 bits per heavy atom. The fraction of sp³-hybridized carbons (Fsp3) is 0.167. The molecule has 0 fully saturated rings. The van der Waals surface area contributed by atoms with Crippen LogP contribution in [0, 0.1) is 0 Å². The molecule has 0 aliphatic carbocycles. The number of halogens is 1. The minimum atomic E-state index is -3.31. The summed E-state index contributed by atoms with van der Waals surface area (Å²) in [6.07, 6.45) is 1.35. The van der Waals surface area contributed by atoms with E-state index in [0.717, 1.165) is 0 Å². The molecule has 0 spiro atoms. The molecule has 2 N–H and O–H groups in total. The van der Waals surface area contributed by atoms with Crippen LogP contribution in [0.2, 0.25) is 0 Å². The molecule has 8 heteroatoms. The van der Waals surface area contributed by atoms with Crippen molar-refractivity contribution in [3.05, 3.63) is 35.1 Å². The molecule has 0 aliphatic rings. The average Bonchev–Trinajstić information content (AvgIpc) is 2.42. The van der Waals surface area contributed by atoms with Crippen molar-refractivity contribution >= 4 is 31.6 Å². The van der Waals surface area contributed by atoms with Gasteiger partial charge in [-0.05, 0) is 40.2 Å². The van der Waals surface area contributed by atoms with Crippen molar-refractivity contribution in [3.8, 4) is 11.5 Å². The van der Waals surface area contributed by atoms with Crippen LogP contribution in [0.3, 0.4) is 0 Å². The van der Waals surface area contributed by atoms with E-state index in [2.05, 4.69) is 25.9 Å². The molecule has 0 amide bonds. The minimum Gasteiger partial charge on any atom is -0.453 e. The van der Waals surface area contributed by atoms with Crippen LogP contribution < -0.4 is 10.5 Å². The van der Waals surface area contributed by atoms with Crippen molar-refractivity contribution in [3.63, 3.8) is 0 Å². The first-order valence-corrected chi connectivity index (χ1v) is 8.15. The first kappa shape index (κ1) is 14.7. The van der Waals surface area contributed by atoms with Crippen LogP contribution in [-0.4, -0.2) is 24.1 Å². The highest BCUT2D eigenvalue weighted by Crippen LogP contribution is 2.28. The average molecular weight is 358 g/mol. The van der Waals surface area contributed by atoms with Gasteiger partial charge >= 0.3 is 0 Å². The van der Waals surface area contributed by atoms with Crippen LogP contribution in [0.15, 0.2) is 40.1 Å². The van der Waals surface area contributed by atoms with Gasteiger partial charge in [-0.2, -0.15) is 0 Å². The highest BCUT2D eigenvalue weighted by atomic mass is 79.9. The number of hydrogen-bond acceptors (Lipinski definition) is 6. The second kappa shape index (κ2) is 5.76. The Kier molecular flexibility index (Phi) is 4.24. The maximum absolute atomic E-state index is 11.6. The predicted molar refractivity (Wildman–Crippen MR) is 78.4 cm³/mol. The zero-order valence-corrected chi connectivity index (χ0v) is 13.0. The lowest BCUT2D eigenvalue weighted by Crippen LogP contribution is -2.05. The SMILES string of the molecule is CCS(=O)(=O)c1ccc(Oc2ccc(N)nc2Br)cn1. The molecule has 0 atom stereocenters. The van der Waals surface area contributed by atoms with Crippen LogP contribution in [0.5, 0.6) is 11.5 Å². The molecule has 0 bridgehead atoms. The number of hydrogen-bond donors (Lipinski definition) is 1. The van der Waals surface area contributed by atoms with Gasteiger partial charge in [-0.15, -0.1) is 0 Å². The van der Waals surface area contributed by atoms with Gasteiger partial charge in [0.25, 0.3) is 0 Å². The van der Waals surface area contributed by atoms with Crippen molar-refractivity contribution in [2.24, 2.45) is 0 Å². The minimum absolute atomic E-state index is 0.00757. The summed E-state index contributed by atoms with van der Waals surface area (Å²) in [4.78, 5) is 7.88. The summed E-state index contributed by atoms with van der Waals surface area (Å²) in [5, 5.41) is 0.0295. The normalized spacial score (nSPS) is 11.3. The van der Waals surface area contributed by atoms with E-state index in [-0.39, 0.29) is 10.8 Å². The molecule has 0 saturated carbocycles. The van der Waals surface area contributed by atoms with E-state index in [1.807, 2.05) is 0 Å². The maximum Gasteiger partial charge on any atom is 0.195 e. The van der Waals surface area contributed by atoms with Crippen molar-refractivity contribution in [1.29, 1.82) is 0 Å². The fourth-order valence-corrected chi connectivity index (χ4v) is 2.60. The number of rotatable bonds is 4. The van der Waals surface area contributed by atoms with Gasteiger partial charge in [-0.1, -0.05) is 6.92 Å². The van der Waals surface area contributed by atoms with Crippen molar-refractivity contribution < 1.29 is 13.2 Å². The molecular formula is C12H12BrN3O3S. The molecule has 0 saturated heterocycles. The van der Waals surface area contributed by atoms with Gasteiger partial charge in [0, 0.05) is 0 Å². The summed E-state index contributed by atoms with van der Waals surface area (Å²) in [6, 6.07) is 6.21. The summed E-state index contributed by atoms with van der Waals surface area (Å²) < 4.78 is 29.3. The summed E-state index contributed by atoms with van der Waals surface area (Å²) >= 11 is 3.23. The van der Waals surface area contributed by atoms with Crippen LogP contribution in [0.25, 0.3) is 0 Å². The number of nitrogens with zero attached hydrogens (tertiary/aromatic N) is 2. The Labute approximate surface area is 125 Å². The van der Waals surface area contributed by atoms with Crippen LogP contribution in [-0.2, 0) is 9.84 Å². The number of pyridine rings is 2. The molecule has 106 valence electrons. The number of ether oxygens (including phenoxy) is 1. The third-order valence-electron chi connectivity index (χ3n) is 2.47. The Morgan fingerprint density at radius 3 is 2.60 bits per heavy atom. The fourth-order valence-electron chi connectivity index (χ4n) is 1.40. The first-order valence-electron chi connectivity index (χ1n) is 5.71. The van der Waals surface area contributed by atoms with E-state index < -0.39 is 9.84 Å². The molecule has 0 radical (unpaired) electrons. The van der Waals surface area contributed by atoms with Gasteiger partial charge in [0.05, 0.1) is 11.9 Å². The highest BCUT2D eigenvalue weighted by molar-refractivity contribution is 9.10. The van der Waals surface area contributed by atoms with E-state index in [9.17, 15) is 8.42 Å². The van der Waals surface area contributed by atoms with Gasteiger partial charge in [-0.3, -0.25) is 0 Å². The summed E-state index contributed by atoms with van der Waals surface area (Å²) in [5.41, 5.74) is 5.53. The van der Waals surface area contributed by atoms with E-state index in [1.54, 1.807) is 25.1 Å². The second-order valence-electron chi connectivity index (χ2n) is 3.86. The number of nitrogens with two attached hydrogens (primary N) is 1. The van der Waals surface area contributed by atoms with Gasteiger partial charge in [0.2, 0.25) is 0 Å². The lowest BCUT2D eigenvalue weighted by molar-refractivity contribution is 0.473. The van der Waals surface area contributed by atoms with Gasteiger partial charge < -0.3 is 10.5 Å². The Hall–Kier alpha value is -1.67. The Bertz CT molecular complexity index is 717. The van der Waals surface area contributed by atoms with Crippen molar-refractivity contribution in [2.75, 3.05) is 11.5 Å². The lowest BCUT2D eigenvalue weighted by Gasteiger charge is -2.07. The first-order chi connectivity index (χ1) is 9.42. The number of sulfone groups is 1. The largest absolute Gasteiger partial charge is 0.453 e. The molecule has 20 heavy (non-hydrogen) atoms. The zero-order valence-electron chi connectivity index (χ0n) is 10.6. The summed E-state index contributed by atoms with van der Waals surface area (Å²) in [6.45, 7) is 1.57. The third kappa shape index (κ3) is 3.26. The second-order valence-corrected chi connectivity index (χ2v) is 6.84. The number of aromatic nitrogens is 2. The number of nitrogen functional groups attached to an aromatic ring is 1. The maximum atomic E-state index is 11.6. The molecule has 2 heterocycles. The predicted octanol–water partition coefficient (Wildman–Crippen LogP) is 2.41. The number of anilines is 1. The van der Waals surface area contributed by atoms with E-state index in [4.69, 9.17) is 10.5 Å². The standard InChI is InChI=1S/C12H12BrN3O3S/c1-2-20(17,18)11-6-3-8(7-15-11)19-9-4-5-10(14)16-12(9)13/h3-7H,2H2,1H3,(H2,14,16). The van der Waals surface area contributed by atoms with E-state index >= 15 is 0 Å². The third-order valence-corrected chi connectivity index (χ3v) is 4.68. The van der Waals surface area contributed by atoms with E-state index in [0.29, 0.717) is 21.9 Å². The topological polar surface area (TPSA) is 95.2 Å². The zero-order chi connectivity index (χ0) is 14.8. The molecule has 0 aromatic carbocycles. The smallest absolute Gasteiger partial charge is 0.195 e. The van der Waals surface area contributed by atoms with Gasteiger partial charge in [0.1, 0.15) is 11.6 Å². The van der Waals surface area contributed by atoms with Crippen LogP contribution in [0.1, 0.15) is 6.92 Å². The highest BCUT2D eigenvalue weighted by Gasteiger charge is 2.13. The molecule has 0 aliphatic heterocycles.